The van der Waals surface area contributed by atoms with Crippen LogP contribution in [-0.4, -0.2) is 5.78 Å². The van der Waals surface area contributed by atoms with Crippen LogP contribution in [0.15, 0.2) is 27.6 Å². The van der Waals surface area contributed by atoms with Gasteiger partial charge in [-0.3, -0.25) is 4.79 Å². The van der Waals surface area contributed by atoms with Crippen LogP contribution in [-0.2, 0) is 0 Å². The van der Waals surface area contributed by atoms with Crippen molar-refractivity contribution in [3.63, 3.8) is 0 Å². The lowest BCUT2D eigenvalue weighted by Gasteiger charge is -2.00. The first kappa shape index (κ1) is 9.81. The van der Waals surface area contributed by atoms with E-state index in [4.69, 9.17) is 0 Å². The van der Waals surface area contributed by atoms with E-state index in [9.17, 15) is 4.79 Å². The van der Waals surface area contributed by atoms with Gasteiger partial charge in [0.25, 0.3) is 0 Å². The smallest absolute Gasteiger partial charge is 0.162 e. The molecule has 0 amide bonds. The van der Waals surface area contributed by atoms with Crippen molar-refractivity contribution in [1.29, 1.82) is 0 Å². The number of rotatable bonds is 2. The zero-order valence-corrected chi connectivity index (χ0v) is 9.15. The lowest BCUT2D eigenvalue weighted by atomic mass is 10.1. The molecule has 0 aliphatic carbocycles. The fourth-order valence-electron chi connectivity index (χ4n) is 0.884. The molecule has 1 rings (SSSR count). The van der Waals surface area contributed by atoms with Gasteiger partial charge in [-0.05, 0) is 28.1 Å². The Bertz CT molecular complexity index is 309. The second kappa shape index (κ2) is 4.10. The molecule has 0 aliphatic heterocycles. The molecule has 64 valence electrons. The first-order valence-electron chi connectivity index (χ1n) is 3.67. The Morgan fingerprint density at radius 1 is 1.58 bits per heavy atom. The number of benzene rings is 1. The number of carbonyl (C=O) groups excluding carboxylic acids is 1. The maximum absolute atomic E-state index is 11.2. The van der Waals surface area contributed by atoms with Crippen LogP contribution >= 0.6 is 28.6 Å². The molecule has 0 N–H and O–H groups in total. The molecular weight excluding hydrogens is 236 g/mol. The number of hydrogen-bond acceptors (Lipinski definition) is 2. The summed E-state index contributed by atoms with van der Waals surface area (Å²) < 4.78 is 0.866. The van der Waals surface area contributed by atoms with Crippen LogP contribution < -0.4 is 0 Å². The monoisotopic (exact) mass is 244 g/mol. The van der Waals surface area contributed by atoms with E-state index in [1.54, 1.807) is 12.1 Å². The standard InChI is InChI=1S/C9H9BrOS/c1-2-8(11)6-3-4-9(12)7(10)5-6/h3-5,12H,2H2,1H3. The van der Waals surface area contributed by atoms with E-state index in [2.05, 4.69) is 28.6 Å². The van der Waals surface area contributed by atoms with E-state index >= 15 is 0 Å². The highest BCUT2D eigenvalue weighted by atomic mass is 79.9. The maximum atomic E-state index is 11.2. The lowest BCUT2D eigenvalue weighted by molar-refractivity contribution is 0.0988. The van der Waals surface area contributed by atoms with Crippen molar-refractivity contribution in [2.75, 3.05) is 0 Å². The van der Waals surface area contributed by atoms with Gasteiger partial charge in [-0.1, -0.05) is 13.0 Å². The highest BCUT2D eigenvalue weighted by Crippen LogP contribution is 2.22. The molecule has 3 heteroatoms. The molecule has 0 fully saturated rings. The second-order valence-corrected chi connectivity index (χ2v) is 3.78. The largest absolute Gasteiger partial charge is 0.294 e. The third-order valence-electron chi connectivity index (χ3n) is 1.59. The molecule has 0 saturated heterocycles. The minimum Gasteiger partial charge on any atom is -0.294 e. The van der Waals surface area contributed by atoms with Gasteiger partial charge in [0.1, 0.15) is 0 Å². The van der Waals surface area contributed by atoms with Crippen LogP contribution in [0.4, 0.5) is 0 Å². The SMILES string of the molecule is CCC(=O)c1ccc(S)c(Br)c1. The number of halogens is 1. The Kier molecular flexibility index (Phi) is 3.35. The summed E-state index contributed by atoms with van der Waals surface area (Å²) in [7, 11) is 0. The van der Waals surface area contributed by atoms with E-state index in [1.807, 2.05) is 13.0 Å². The predicted octanol–water partition coefficient (Wildman–Crippen LogP) is 3.33. The summed E-state index contributed by atoms with van der Waals surface area (Å²) in [5.74, 6) is 0.157. The van der Waals surface area contributed by atoms with Crippen molar-refractivity contribution in [3.8, 4) is 0 Å². The van der Waals surface area contributed by atoms with Crippen LogP contribution in [0.2, 0.25) is 0 Å². The molecule has 0 spiro atoms. The number of thiol groups is 1. The highest BCUT2D eigenvalue weighted by molar-refractivity contribution is 9.10. The summed E-state index contributed by atoms with van der Waals surface area (Å²) in [6.07, 6.45) is 0.540. The van der Waals surface area contributed by atoms with Gasteiger partial charge in [-0.15, -0.1) is 12.6 Å². The molecule has 0 unspecified atom stereocenters. The molecule has 1 aromatic rings. The highest BCUT2D eigenvalue weighted by Gasteiger charge is 2.04. The normalized spacial score (nSPS) is 9.92. The molecule has 0 saturated carbocycles. The van der Waals surface area contributed by atoms with Crippen LogP contribution in [0.25, 0.3) is 0 Å². The van der Waals surface area contributed by atoms with Crippen LogP contribution in [0.3, 0.4) is 0 Å². The first-order chi connectivity index (χ1) is 5.65. The van der Waals surface area contributed by atoms with Gasteiger partial charge >= 0.3 is 0 Å². The molecule has 0 radical (unpaired) electrons. The summed E-state index contributed by atoms with van der Waals surface area (Å²) in [6, 6.07) is 5.41. The quantitative estimate of drug-likeness (QED) is 0.624. The van der Waals surface area contributed by atoms with Gasteiger partial charge in [-0.2, -0.15) is 0 Å². The lowest BCUT2D eigenvalue weighted by Crippen LogP contribution is -1.95. The molecule has 1 nitrogen and oxygen atoms in total. The van der Waals surface area contributed by atoms with E-state index in [0.29, 0.717) is 6.42 Å². The Balaban J connectivity index is 3.05. The Morgan fingerprint density at radius 3 is 2.75 bits per heavy atom. The van der Waals surface area contributed by atoms with Crippen molar-refractivity contribution in [1.82, 2.24) is 0 Å². The minimum absolute atomic E-state index is 0.157. The second-order valence-electron chi connectivity index (χ2n) is 2.44. The summed E-state index contributed by atoms with van der Waals surface area (Å²) in [5, 5.41) is 0. The van der Waals surface area contributed by atoms with Crippen molar-refractivity contribution in [2.24, 2.45) is 0 Å². The minimum atomic E-state index is 0.157. The van der Waals surface area contributed by atoms with Crippen molar-refractivity contribution in [2.45, 2.75) is 18.2 Å². The third kappa shape index (κ3) is 2.11. The van der Waals surface area contributed by atoms with Crippen LogP contribution in [0.5, 0.6) is 0 Å². The summed E-state index contributed by atoms with van der Waals surface area (Å²) in [5.41, 5.74) is 0.738. The maximum Gasteiger partial charge on any atom is 0.162 e. The van der Waals surface area contributed by atoms with Gasteiger partial charge in [0.15, 0.2) is 5.78 Å². The predicted molar refractivity (Wildman–Crippen MR) is 56.0 cm³/mol. The topological polar surface area (TPSA) is 17.1 Å². The summed E-state index contributed by atoms with van der Waals surface area (Å²) in [4.78, 5) is 12.1. The van der Waals surface area contributed by atoms with E-state index in [0.717, 1.165) is 14.9 Å². The Labute approximate surface area is 85.7 Å². The van der Waals surface area contributed by atoms with Crippen molar-refractivity contribution >= 4 is 34.3 Å². The van der Waals surface area contributed by atoms with Crippen LogP contribution in [0.1, 0.15) is 23.7 Å². The average molecular weight is 245 g/mol. The van der Waals surface area contributed by atoms with Crippen molar-refractivity contribution in [3.05, 3.63) is 28.2 Å². The van der Waals surface area contributed by atoms with Gasteiger partial charge in [-0.25, -0.2) is 0 Å². The molecule has 0 aromatic heterocycles. The van der Waals surface area contributed by atoms with Gasteiger partial charge in [0.05, 0.1) is 0 Å². The van der Waals surface area contributed by atoms with Crippen LogP contribution in [0, 0.1) is 0 Å². The van der Waals surface area contributed by atoms with E-state index in [1.165, 1.54) is 0 Å². The summed E-state index contributed by atoms with van der Waals surface area (Å²) in [6.45, 7) is 1.85. The number of hydrogen-bond donors (Lipinski definition) is 1. The molecular formula is C9H9BrOS. The number of ketones is 1. The summed E-state index contributed by atoms with van der Waals surface area (Å²) >= 11 is 7.50. The van der Waals surface area contributed by atoms with Gasteiger partial charge in [0, 0.05) is 21.4 Å². The number of Topliss-reactive ketones (excluding diaryl/α,β-unsaturated/α-hetero) is 1. The molecule has 0 atom stereocenters. The first-order valence-corrected chi connectivity index (χ1v) is 4.91. The van der Waals surface area contributed by atoms with Gasteiger partial charge < -0.3 is 0 Å². The Hall–Kier alpha value is -0.280. The molecule has 1 aromatic carbocycles. The third-order valence-corrected chi connectivity index (χ3v) is 2.94. The molecule has 0 bridgehead atoms. The molecule has 0 heterocycles. The molecule has 0 aliphatic rings. The number of carbonyl (C=O) groups is 1. The fraction of sp³-hybridized carbons (Fsp3) is 0.222. The van der Waals surface area contributed by atoms with E-state index in [-0.39, 0.29) is 5.78 Å². The average Bonchev–Trinajstić information content (AvgIpc) is 2.08. The zero-order valence-electron chi connectivity index (χ0n) is 6.67. The van der Waals surface area contributed by atoms with E-state index < -0.39 is 0 Å². The zero-order chi connectivity index (χ0) is 9.14. The van der Waals surface area contributed by atoms with Crippen molar-refractivity contribution < 1.29 is 4.79 Å². The van der Waals surface area contributed by atoms with Gasteiger partial charge in [0.2, 0.25) is 0 Å². The fourth-order valence-corrected chi connectivity index (χ4v) is 1.40. The molecule has 12 heavy (non-hydrogen) atoms. The Morgan fingerprint density at radius 2 is 2.25 bits per heavy atom.